The van der Waals surface area contributed by atoms with Crippen molar-refractivity contribution in [3.8, 4) is 0 Å². The van der Waals surface area contributed by atoms with Crippen molar-refractivity contribution in [3.63, 3.8) is 0 Å². The molecule has 3 heteroatoms. The molecule has 0 unspecified atom stereocenters. The van der Waals surface area contributed by atoms with Gasteiger partial charge in [0.15, 0.2) is 5.43 Å². The number of fused-ring (bicyclic) bond motifs is 3. The van der Waals surface area contributed by atoms with Crippen LogP contribution in [0.4, 0.5) is 0 Å². The lowest BCUT2D eigenvalue weighted by Gasteiger charge is -2.06. The molecule has 3 aromatic rings. The van der Waals surface area contributed by atoms with Gasteiger partial charge in [0, 0.05) is 11.6 Å². The molecule has 1 heterocycles. The molecule has 0 saturated heterocycles. The summed E-state index contributed by atoms with van der Waals surface area (Å²) in [7, 11) is 0. The second kappa shape index (κ2) is 3.10. The van der Waals surface area contributed by atoms with Crippen LogP contribution < -0.4 is 5.43 Å². The Kier molecular flexibility index (Phi) is 1.74. The fourth-order valence-corrected chi connectivity index (χ4v) is 2.03. The number of hydrogen-bond donors (Lipinski definition) is 1. The first-order chi connectivity index (χ1) is 7.77. The van der Waals surface area contributed by atoms with E-state index in [9.17, 15) is 10.0 Å². The zero-order chi connectivity index (χ0) is 11.1. The predicted octanol–water partition coefficient (Wildman–Crippen LogP) is 2.39. The van der Waals surface area contributed by atoms with E-state index in [0.717, 1.165) is 15.5 Å². The van der Waals surface area contributed by atoms with Gasteiger partial charge in [0.25, 0.3) is 0 Å². The molecular weight excluding hydrogens is 202 g/mol. The summed E-state index contributed by atoms with van der Waals surface area (Å²) in [5, 5.41) is 12.0. The van der Waals surface area contributed by atoms with Crippen molar-refractivity contribution in [2.75, 3.05) is 0 Å². The SMILES string of the molecule is O=c1cccc2ccc3cccn(O)c3c12. The molecule has 0 saturated carbocycles. The smallest absolute Gasteiger partial charge is 0.188 e. The van der Waals surface area contributed by atoms with Crippen molar-refractivity contribution in [1.29, 1.82) is 0 Å². The summed E-state index contributed by atoms with van der Waals surface area (Å²) >= 11 is 0. The summed E-state index contributed by atoms with van der Waals surface area (Å²) in [6, 6.07) is 12.5. The first kappa shape index (κ1) is 8.97. The van der Waals surface area contributed by atoms with Crippen LogP contribution in [0.2, 0.25) is 0 Å². The van der Waals surface area contributed by atoms with Gasteiger partial charge in [0.1, 0.15) is 0 Å². The van der Waals surface area contributed by atoms with Crippen molar-refractivity contribution >= 4 is 21.7 Å². The van der Waals surface area contributed by atoms with Gasteiger partial charge >= 0.3 is 0 Å². The lowest BCUT2D eigenvalue weighted by Crippen LogP contribution is -2.03. The van der Waals surface area contributed by atoms with E-state index < -0.39 is 0 Å². The zero-order valence-electron chi connectivity index (χ0n) is 8.42. The maximum Gasteiger partial charge on any atom is 0.188 e. The highest BCUT2D eigenvalue weighted by atomic mass is 16.5. The highest BCUT2D eigenvalue weighted by Gasteiger charge is 2.06. The second-order valence-corrected chi connectivity index (χ2v) is 3.71. The number of rotatable bonds is 0. The van der Waals surface area contributed by atoms with E-state index in [2.05, 4.69) is 0 Å². The van der Waals surface area contributed by atoms with Crippen molar-refractivity contribution in [2.45, 2.75) is 0 Å². The van der Waals surface area contributed by atoms with Crippen LogP contribution in [0.1, 0.15) is 0 Å². The first-order valence-electron chi connectivity index (χ1n) is 5.00. The Morgan fingerprint density at radius 3 is 2.56 bits per heavy atom. The summed E-state index contributed by atoms with van der Waals surface area (Å²) in [5.74, 6) is 0. The minimum absolute atomic E-state index is 0.0721. The molecular formula is C13H9NO2. The van der Waals surface area contributed by atoms with Crippen LogP contribution in [0.15, 0.2) is 53.5 Å². The lowest BCUT2D eigenvalue weighted by molar-refractivity contribution is 0.199. The van der Waals surface area contributed by atoms with E-state index in [0.29, 0.717) is 10.9 Å². The summed E-state index contributed by atoms with van der Waals surface area (Å²) in [6.45, 7) is 0. The fraction of sp³-hybridized carbons (Fsp3) is 0. The molecule has 3 nitrogen and oxygen atoms in total. The molecule has 3 rings (SSSR count). The molecule has 0 spiro atoms. The maximum absolute atomic E-state index is 11.8. The van der Waals surface area contributed by atoms with Gasteiger partial charge in [-0.2, -0.15) is 4.73 Å². The summed E-state index contributed by atoms with van der Waals surface area (Å²) in [4.78, 5) is 11.8. The van der Waals surface area contributed by atoms with E-state index >= 15 is 0 Å². The van der Waals surface area contributed by atoms with Crippen LogP contribution in [0.5, 0.6) is 0 Å². The molecule has 1 aromatic heterocycles. The molecule has 0 fully saturated rings. The van der Waals surface area contributed by atoms with E-state index in [1.165, 1.54) is 12.3 Å². The Hall–Kier alpha value is -2.29. The average Bonchev–Trinajstić information content (AvgIpc) is 2.29. The first-order valence-corrected chi connectivity index (χ1v) is 5.00. The van der Waals surface area contributed by atoms with E-state index in [-0.39, 0.29) is 5.43 Å². The van der Waals surface area contributed by atoms with Gasteiger partial charge in [-0.05, 0) is 17.5 Å². The molecule has 1 N–H and O–H groups in total. The van der Waals surface area contributed by atoms with E-state index in [1.54, 1.807) is 12.1 Å². The Morgan fingerprint density at radius 2 is 1.69 bits per heavy atom. The van der Waals surface area contributed by atoms with Crippen LogP contribution in [-0.4, -0.2) is 9.94 Å². The normalized spacial score (nSPS) is 11.0. The number of hydrogen-bond acceptors (Lipinski definition) is 2. The van der Waals surface area contributed by atoms with E-state index in [4.69, 9.17) is 0 Å². The van der Waals surface area contributed by atoms with Gasteiger partial charge in [0.05, 0.1) is 10.9 Å². The molecule has 0 aliphatic carbocycles. The molecule has 0 amide bonds. The Morgan fingerprint density at radius 1 is 0.938 bits per heavy atom. The van der Waals surface area contributed by atoms with Gasteiger partial charge in [-0.15, -0.1) is 0 Å². The fourth-order valence-electron chi connectivity index (χ4n) is 2.03. The molecule has 0 aliphatic rings. The van der Waals surface area contributed by atoms with E-state index in [1.807, 2.05) is 24.3 Å². The van der Waals surface area contributed by atoms with Crippen molar-refractivity contribution in [1.82, 2.24) is 4.73 Å². The topological polar surface area (TPSA) is 42.2 Å². The summed E-state index contributed by atoms with van der Waals surface area (Å²) in [5.41, 5.74) is 0.489. The molecule has 2 aromatic carbocycles. The van der Waals surface area contributed by atoms with Crippen LogP contribution in [0.3, 0.4) is 0 Å². The van der Waals surface area contributed by atoms with Gasteiger partial charge < -0.3 is 5.21 Å². The zero-order valence-corrected chi connectivity index (χ0v) is 8.42. The third-order valence-electron chi connectivity index (χ3n) is 2.74. The highest BCUT2D eigenvalue weighted by Crippen LogP contribution is 2.21. The molecule has 0 radical (unpaired) electrons. The minimum Gasteiger partial charge on any atom is -0.428 e. The third kappa shape index (κ3) is 1.11. The van der Waals surface area contributed by atoms with Crippen molar-refractivity contribution in [3.05, 3.63) is 58.9 Å². The van der Waals surface area contributed by atoms with Gasteiger partial charge in [-0.3, -0.25) is 4.79 Å². The Bertz CT molecular complexity index is 744. The van der Waals surface area contributed by atoms with Crippen molar-refractivity contribution in [2.24, 2.45) is 0 Å². The van der Waals surface area contributed by atoms with Crippen LogP contribution in [-0.2, 0) is 0 Å². The van der Waals surface area contributed by atoms with Gasteiger partial charge in [-0.25, -0.2) is 0 Å². The maximum atomic E-state index is 11.8. The van der Waals surface area contributed by atoms with Crippen LogP contribution >= 0.6 is 0 Å². The van der Waals surface area contributed by atoms with Crippen LogP contribution in [0.25, 0.3) is 21.7 Å². The molecule has 0 bridgehead atoms. The standard InChI is InChI=1S/C13H9NO2/c15-11-5-1-3-9-6-7-10-4-2-8-14(16)13(10)12(9)11/h1-8,16H. The highest BCUT2D eigenvalue weighted by molar-refractivity contribution is 6.05. The third-order valence-corrected chi connectivity index (χ3v) is 2.74. The Labute approximate surface area is 91.1 Å². The molecule has 78 valence electrons. The second-order valence-electron chi connectivity index (χ2n) is 3.71. The monoisotopic (exact) mass is 211 g/mol. The predicted molar refractivity (Wildman–Crippen MR) is 62.9 cm³/mol. The largest absolute Gasteiger partial charge is 0.428 e. The molecule has 16 heavy (non-hydrogen) atoms. The Balaban J connectivity index is 2.73. The molecule has 0 aliphatic heterocycles. The quantitative estimate of drug-likeness (QED) is 0.458. The number of aromatic nitrogens is 1. The number of nitrogens with zero attached hydrogens (tertiary/aromatic N) is 1. The average molecular weight is 211 g/mol. The minimum atomic E-state index is -0.0721. The van der Waals surface area contributed by atoms with Crippen LogP contribution in [0, 0.1) is 0 Å². The summed E-state index contributed by atoms with van der Waals surface area (Å²) < 4.78 is 0.999. The van der Waals surface area contributed by atoms with Gasteiger partial charge in [0.2, 0.25) is 0 Å². The number of pyridine rings is 1. The number of benzene rings is 2. The van der Waals surface area contributed by atoms with Crippen molar-refractivity contribution < 1.29 is 5.21 Å². The lowest BCUT2D eigenvalue weighted by atomic mass is 10.1. The van der Waals surface area contributed by atoms with Gasteiger partial charge in [-0.1, -0.05) is 30.3 Å². The summed E-state index contributed by atoms with van der Waals surface area (Å²) in [6.07, 6.45) is 1.52. The molecule has 0 atom stereocenters.